The molecule has 2 rings (SSSR count). The Morgan fingerprint density at radius 2 is 2.38 bits per heavy atom. The molecule has 0 spiro atoms. The van der Waals surface area contributed by atoms with E-state index in [0.717, 1.165) is 5.76 Å². The number of hydrogen-bond donors (Lipinski definition) is 0. The van der Waals surface area contributed by atoms with Gasteiger partial charge in [0, 0.05) is 0 Å². The first-order valence-electron chi connectivity index (χ1n) is 4.42. The van der Waals surface area contributed by atoms with Crippen molar-refractivity contribution in [1.82, 2.24) is 9.97 Å². The smallest absolute Gasteiger partial charge is 0.155 e. The van der Waals surface area contributed by atoms with Crippen molar-refractivity contribution in [3.05, 3.63) is 41.2 Å². The van der Waals surface area contributed by atoms with Crippen molar-refractivity contribution in [2.45, 2.75) is 10.8 Å². The molecule has 0 N–H and O–H groups in total. The van der Waals surface area contributed by atoms with Gasteiger partial charge in [-0.2, -0.15) is 0 Å². The van der Waals surface area contributed by atoms with Gasteiger partial charge in [-0.1, -0.05) is 23.4 Å². The lowest BCUT2D eigenvalue weighted by Gasteiger charge is -2.02. The van der Waals surface area contributed by atoms with Crippen LogP contribution in [0.4, 0.5) is 0 Å². The zero-order chi connectivity index (χ0) is 11.4. The SMILES string of the molecule is O=Cc1c(Cl)ncnc1SCc1ccco1. The van der Waals surface area contributed by atoms with Crippen LogP contribution >= 0.6 is 23.4 Å². The topological polar surface area (TPSA) is 56.0 Å². The Morgan fingerprint density at radius 1 is 1.50 bits per heavy atom. The molecule has 0 fully saturated rings. The molecule has 2 aromatic rings. The van der Waals surface area contributed by atoms with E-state index in [1.54, 1.807) is 6.26 Å². The first kappa shape index (κ1) is 11.2. The third-order valence-corrected chi connectivity index (χ3v) is 3.18. The molecule has 0 aliphatic carbocycles. The van der Waals surface area contributed by atoms with Gasteiger partial charge >= 0.3 is 0 Å². The van der Waals surface area contributed by atoms with E-state index in [9.17, 15) is 4.79 Å². The molecule has 0 bridgehead atoms. The molecular weight excluding hydrogens is 248 g/mol. The van der Waals surface area contributed by atoms with Gasteiger partial charge in [-0.3, -0.25) is 4.79 Å². The highest BCUT2D eigenvalue weighted by atomic mass is 35.5. The highest BCUT2D eigenvalue weighted by Gasteiger charge is 2.10. The second-order valence-electron chi connectivity index (χ2n) is 2.87. The zero-order valence-corrected chi connectivity index (χ0v) is 9.66. The van der Waals surface area contributed by atoms with Gasteiger partial charge in [0.1, 0.15) is 22.3 Å². The maximum absolute atomic E-state index is 10.8. The summed E-state index contributed by atoms with van der Waals surface area (Å²) in [5, 5.41) is 0.735. The van der Waals surface area contributed by atoms with E-state index in [2.05, 4.69) is 9.97 Å². The van der Waals surface area contributed by atoms with E-state index < -0.39 is 0 Å². The Kier molecular flexibility index (Phi) is 3.58. The first-order valence-corrected chi connectivity index (χ1v) is 5.78. The molecule has 0 unspecified atom stereocenters. The van der Waals surface area contributed by atoms with Crippen molar-refractivity contribution in [2.75, 3.05) is 0 Å². The van der Waals surface area contributed by atoms with E-state index in [1.807, 2.05) is 12.1 Å². The Hall–Kier alpha value is -1.33. The lowest BCUT2D eigenvalue weighted by molar-refractivity contribution is 0.112. The Labute approximate surface area is 101 Å². The van der Waals surface area contributed by atoms with Crippen molar-refractivity contribution >= 4 is 29.6 Å². The van der Waals surface area contributed by atoms with E-state index in [-0.39, 0.29) is 5.15 Å². The van der Waals surface area contributed by atoms with Crippen LogP contribution in [-0.4, -0.2) is 16.3 Å². The monoisotopic (exact) mass is 254 g/mol. The predicted molar refractivity (Wildman–Crippen MR) is 60.7 cm³/mol. The maximum atomic E-state index is 10.8. The number of furan rings is 1. The summed E-state index contributed by atoms with van der Waals surface area (Å²) in [6.45, 7) is 0. The van der Waals surface area contributed by atoms with Crippen molar-refractivity contribution in [1.29, 1.82) is 0 Å². The molecule has 0 atom stereocenters. The van der Waals surface area contributed by atoms with Crippen molar-refractivity contribution in [3.63, 3.8) is 0 Å². The summed E-state index contributed by atoms with van der Waals surface area (Å²) in [5.74, 6) is 1.41. The van der Waals surface area contributed by atoms with E-state index >= 15 is 0 Å². The molecule has 0 aliphatic rings. The average molecular weight is 255 g/mol. The zero-order valence-electron chi connectivity index (χ0n) is 8.09. The Bertz CT molecular complexity index is 488. The van der Waals surface area contributed by atoms with Gasteiger partial charge in [-0.25, -0.2) is 9.97 Å². The summed E-state index contributed by atoms with van der Waals surface area (Å²) in [6.07, 6.45) is 3.59. The van der Waals surface area contributed by atoms with Crippen LogP contribution in [0.25, 0.3) is 0 Å². The number of thioether (sulfide) groups is 1. The molecular formula is C10H7ClN2O2S. The molecule has 6 heteroatoms. The van der Waals surface area contributed by atoms with Crippen LogP contribution in [0.3, 0.4) is 0 Å². The summed E-state index contributed by atoms with van der Waals surface area (Å²) in [6, 6.07) is 3.67. The summed E-state index contributed by atoms with van der Waals surface area (Å²) in [5.41, 5.74) is 0.320. The fourth-order valence-electron chi connectivity index (χ4n) is 1.11. The van der Waals surface area contributed by atoms with Gasteiger partial charge in [0.2, 0.25) is 0 Å². The molecule has 4 nitrogen and oxygen atoms in total. The summed E-state index contributed by atoms with van der Waals surface area (Å²) in [4.78, 5) is 18.6. The quantitative estimate of drug-likeness (QED) is 0.477. The normalized spacial score (nSPS) is 10.3. The molecule has 2 aromatic heterocycles. The number of nitrogens with zero attached hydrogens (tertiary/aromatic N) is 2. The number of hydrogen-bond acceptors (Lipinski definition) is 5. The molecule has 0 aromatic carbocycles. The van der Waals surface area contributed by atoms with Gasteiger partial charge in [-0.05, 0) is 12.1 Å². The molecule has 0 saturated carbocycles. The van der Waals surface area contributed by atoms with Crippen LogP contribution in [0.15, 0.2) is 34.2 Å². The predicted octanol–water partition coefficient (Wildman–Crippen LogP) is 2.83. The van der Waals surface area contributed by atoms with Gasteiger partial charge in [0.25, 0.3) is 0 Å². The molecule has 16 heavy (non-hydrogen) atoms. The molecule has 0 amide bonds. The van der Waals surface area contributed by atoms with Gasteiger partial charge in [0.15, 0.2) is 6.29 Å². The molecule has 0 radical (unpaired) electrons. The van der Waals surface area contributed by atoms with Crippen LogP contribution in [0, 0.1) is 0 Å². The van der Waals surface area contributed by atoms with Crippen LogP contribution in [0.2, 0.25) is 5.15 Å². The van der Waals surface area contributed by atoms with Crippen LogP contribution < -0.4 is 0 Å². The number of aldehydes is 1. The third kappa shape index (κ3) is 2.43. The van der Waals surface area contributed by atoms with Crippen LogP contribution in [0.5, 0.6) is 0 Å². The number of carbonyl (C=O) groups excluding carboxylic acids is 1. The van der Waals surface area contributed by atoms with Crippen LogP contribution in [-0.2, 0) is 5.75 Å². The Balaban J connectivity index is 2.15. The minimum Gasteiger partial charge on any atom is -0.468 e. The molecule has 2 heterocycles. The van der Waals surface area contributed by atoms with Gasteiger partial charge in [0.05, 0.1) is 17.6 Å². The second-order valence-corrected chi connectivity index (χ2v) is 4.19. The number of rotatable bonds is 4. The second kappa shape index (κ2) is 5.14. The number of carbonyl (C=O) groups is 1. The van der Waals surface area contributed by atoms with Crippen molar-refractivity contribution in [3.8, 4) is 0 Å². The maximum Gasteiger partial charge on any atom is 0.155 e. The van der Waals surface area contributed by atoms with E-state index in [1.165, 1.54) is 18.1 Å². The lowest BCUT2D eigenvalue weighted by atomic mass is 10.4. The molecule has 0 aliphatic heterocycles. The highest BCUT2D eigenvalue weighted by Crippen LogP contribution is 2.26. The average Bonchev–Trinajstić information content (AvgIpc) is 2.79. The largest absolute Gasteiger partial charge is 0.468 e. The fourth-order valence-corrected chi connectivity index (χ4v) is 2.21. The lowest BCUT2D eigenvalue weighted by Crippen LogP contribution is -1.94. The highest BCUT2D eigenvalue weighted by molar-refractivity contribution is 7.98. The molecule has 82 valence electrons. The Morgan fingerprint density at radius 3 is 3.06 bits per heavy atom. The van der Waals surface area contributed by atoms with Crippen molar-refractivity contribution < 1.29 is 9.21 Å². The minimum atomic E-state index is 0.173. The number of halogens is 1. The summed E-state index contributed by atoms with van der Waals surface area (Å²) in [7, 11) is 0. The van der Waals surface area contributed by atoms with E-state index in [0.29, 0.717) is 22.6 Å². The summed E-state index contributed by atoms with van der Waals surface area (Å²) < 4.78 is 5.17. The fraction of sp³-hybridized carbons (Fsp3) is 0.100. The van der Waals surface area contributed by atoms with E-state index in [4.69, 9.17) is 16.0 Å². The van der Waals surface area contributed by atoms with Gasteiger partial charge < -0.3 is 4.42 Å². The standard InChI is InChI=1S/C10H7ClN2O2S/c11-9-8(4-14)10(13-6-12-9)16-5-7-2-1-3-15-7/h1-4,6H,5H2. The van der Waals surface area contributed by atoms with Gasteiger partial charge in [-0.15, -0.1) is 0 Å². The summed E-state index contributed by atoms with van der Waals surface area (Å²) >= 11 is 7.15. The van der Waals surface area contributed by atoms with Crippen molar-refractivity contribution in [2.24, 2.45) is 0 Å². The minimum absolute atomic E-state index is 0.173. The first-order chi connectivity index (χ1) is 7.81. The molecule has 0 saturated heterocycles. The third-order valence-electron chi connectivity index (χ3n) is 1.85. The van der Waals surface area contributed by atoms with Crippen LogP contribution in [0.1, 0.15) is 16.1 Å². The number of aromatic nitrogens is 2.